The second-order valence-corrected chi connectivity index (χ2v) is 14.1. The molecule has 0 heterocycles. The Balaban J connectivity index is 1.48. The summed E-state index contributed by atoms with van der Waals surface area (Å²) in [7, 11) is 0. The minimum Gasteiger partial charge on any atom is -0.293 e. The molecule has 1 aromatic carbocycles. The molecule has 0 amide bonds. The van der Waals surface area contributed by atoms with Crippen molar-refractivity contribution < 1.29 is 4.79 Å². The van der Waals surface area contributed by atoms with E-state index >= 15 is 0 Å². The van der Waals surface area contributed by atoms with Crippen molar-refractivity contribution in [3.05, 3.63) is 77.4 Å². The fourth-order valence-corrected chi connectivity index (χ4v) is 9.57. The van der Waals surface area contributed by atoms with Gasteiger partial charge in [-0.25, -0.2) is 0 Å². The third-order valence-corrected chi connectivity index (χ3v) is 11.5. The Hall–Kier alpha value is -2.15. The molecule has 0 radical (unpaired) electrons. The van der Waals surface area contributed by atoms with Gasteiger partial charge >= 0.3 is 0 Å². The minimum absolute atomic E-state index is 0.0416. The number of carbonyl (C=O) groups is 1. The van der Waals surface area contributed by atoms with Gasteiger partial charge in [0.2, 0.25) is 0 Å². The van der Waals surface area contributed by atoms with Gasteiger partial charge in [-0.05, 0) is 85.2 Å². The van der Waals surface area contributed by atoms with E-state index in [1.165, 1.54) is 36.0 Å². The molecule has 1 spiro atoms. The molecule has 198 valence electrons. The predicted octanol–water partition coefficient (Wildman–Crippen LogP) is 9.87. The highest BCUT2D eigenvalue weighted by Gasteiger charge is 2.88. The lowest BCUT2D eigenvalue weighted by atomic mass is 9.50. The van der Waals surface area contributed by atoms with Crippen LogP contribution in [0.25, 0.3) is 5.57 Å². The molecular formula is C36H48O. The summed E-state index contributed by atoms with van der Waals surface area (Å²) >= 11 is 0. The van der Waals surface area contributed by atoms with Gasteiger partial charge in [0.05, 0.1) is 5.41 Å². The molecule has 2 saturated carbocycles. The normalized spacial score (nSPS) is 37.2. The summed E-state index contributed by atoms with van der Waals surface area (Å²) in [6, 6.07) is 8.26. The van der Waals surface area contributed by atoms with Crippen molar-refractivity contribution in [2.45, 2.75) is 87.5 Å². The van der Waals surface area contributed by atoms with Crippen LogP contribution < -0.4 is 0 Å². The molecule has 2 bridgehead atoms. The van der Waals surface area contributed by atoms with E-state index in [4.69, 9.17) is 6.58 Å². The average molecular weight is 497 g/mol. The molecule has 0 aromatic heterocycles. The van der Waals surface area contributed by atoms with Crippen LogP contribution in [0.4, 0.5) is 0 Å². The van der Waals surface area contributed by atoms with Crippen LogP contribution in [0.5, 0.6) is 0 Å². The fourth-order valence-electron chi connectivity index (χ4n) is 9.57. The summed E-state index contributed by atoms with van der Waals surface area (Å²) < 4.78 is 0. The lowest BCUT2D eigenvalue weighted by molar-refractivity contribution is 0.0506. The summed E-state index contributed by atoms with van der Waals surface area (Å²) in [4.78, 5) is 14.5. The molecule has 0 aliphatic heterocycles. The van der Waals surface area contributed by atoms with Crippen LogP contribution in [0.15, 0.2) is 66.3 Å². The van der Waals surface area contributed by atoms with Crippen molar-refractivity contribution in [2.75, 3.05) is 0 Å². The van der Waals surface area contributed by atoms with E-state index in [0.29, 0.717) is 29.5 Å². The number of rotatable bonds is 8. The summed E-state index contributed by atoms with van der Waals surface area (Å²) in [5, 5.41) is 0. The van der Waals surface area contributed by atoms with Crippen molar-refractivity contribution in [1.29, 1.82) is 0 Å². The van der Waals surface area contributed by atoms with Crippen molar-refractivity contribution >= 4 is 11.4 Å². The largest absolute Gasteiger partial charge is 0.293 e. The smallest absolute Gasteiger partial charge is 0.171 e. The zero-order valence-corrected chi connectivity index (χ0v) is 24.6. The first-order valence-corrected chi connectivity index (χ1v) is 14.7. The number of allylic oxidation sites excluding steroid dienone is 7. The van der Waals surface area contributed by atoms with Crippen molar-refractivity contribution in [1.82, 2.24) is 0 Å². The van der Waals surface area contributed by atoms with Crippen LogP contribution >= 0.6 is 0 Å². The molecular weight excluding hydrogens is 448 g/mol. The average Bonchev–Trinajstić information content (AvgIpc) is 3.15. The maximum Gasteiger partial charge on any atom is 0.171 e. The van der Waals surface area contributed by atoms with E-state index in [0.717, 1.165) is 24.0 Å². The third-order valence-electron chi connectivity index (χ3n) is 11.5. The van der Waals surface area contributed by atoms with E-state index < -0.39 is 0 Å². The molecule has 37 heavy (non-hydrogen) atoms. The van der Waals surface area contributed by atoms with E-state index in [2.05, 4.69) is 97.9 Å². The summed E-state index contributed by atoms with van der Waals surface area (Å²) in [5.74, 6) is 2.26. The van der Waals surface area contributed by atoms with Crippen LogP contribution in [0.2, 0.25) is 0 Å². The molecule has 7 atom stereocenters. The van der Waals surface area contributed by atoms with Gasteiger partial charge in [-0.3, -0.25) is 4.79 Å². The number of carbonyl (C=O) groups excluding carboxylic acids is 1. The lowest BCUT2D eigenvalue weighted by Gasteiger charge is -2.51. The van der Waals surface area contributed by atoms with Crippen LogP contribution in [-0.4, -0.2) is 5.78 Å². The predicted molar refractivity (Wildman–Crippen MR) is 157 cm³/mol. The topological polar surface area (TPSA) is 17.1 Å². The van der Waals surface area contributed by atoms with Crippen LogP contribution in [0.1, 0.15) is 103 Å². The zero-order valence-electron chi connectivity index (χ0n) is 24.6. The number of fused-ring (bicyclic) bond motifs is 5. The van der Waals surface area contributed by atoms with Gasteiger partial charge in [-0.15, -0.1) is 0 Å². The quantitative estimate of drug-likeness (QED) is 0.327. The molecule has 4 aliphatic rings. The van der Waals surface area contributed by atoms with E-state index in [1.807, 2.05) is 6.07 Å². The number of Topliss-reactive ketones (excluding diaryl/α,β-unsaturated/α-hetero) is 1. The second kappa shape index (κ2) is 8.69. The number of hydrogen-bond donors (Lipinski definition) is 0. The first-order chi connectivity index (χ1) is 17.4. The van der Waals surface area contributed by atoms with Gasteiger partial charge in [0.15, 0.2) is 5.78 Å². The van der Waals surface area contributed by atoms with Crippen molar-refractivity contribution in [3.8, 4) is 0 Å². The maximum absolute atomic E-state index is 14.5. The van der Waals surface area contributed by atoms with Crippen LogP contribution in [0.3, 0.4) is 0 Å². The summed E-state index contributed by atoms with van der Waals surface area (Å²) in [6.07, 6.45) is 15.6. The Labute approximate surface area is 226 Å². The molecule has 5 rings (SSSR count). The summed E-state index contributed by atoms with van der Waals surface area (Å²) in [6.45, 7) is 23.5. The molecule has 4 aliphatic carbocycles. The van der Waals surface area contributed by atoms with E-state index in [9.17, 15) is 4.79 Å². The minimum atomic E-state index is -0.350. The maximum atomic E-state index is 14.5. The Morgan fingerprint density at radius 3 is 2.51 bits per heavy atom. The standard InChI is InChI=1S/C36H48O/c1-10-13-23(2)20-24(3)22-33(6,7)25(4)18-19-34(8)31-27-16-17-28(21-27)35(9)26(5)29-14-11-12-15-30(29)32(37)36(31,34)35/h11-12,14-18,20,24,27-28,31H,5,10,13,19,21-22H2,1-4,6-9H3/b23-20+,25-18+. The summed E-state index contributed by atoms with van der Waals surface area (Å²) in [5.41, 5.74) is 5.68. The van der Waals surface area contributed by atoms with Crippen molar-refractivity contribution in [2.24, 2.45) is 45.3 Å². The van der Waals surface area contributed by atoms with Crippen LogP contribution in [-0.2, 0) is 0 Å². The van der Waals surface area contributed by atoms with Gasteiger partial charge in [0, 0.05) is 11.0 Å². The van der Waals surface area contributed by atoms with Gasteiger partial charge < -0.3 is 0 Å². The highest BCUT2D eigenvalue weighted by molar-refractivity contribution is 6.12. The molecule has 1 heteroatoms. The third kappa shape index (κ3) is 3.44. The Morgan fingerprint density at radius 2 is 1.84 bits per heavy atom. The van der Waals surface area contributed by atoms with Gasteiger partial charge in [0.25, 0.3) is 0 Å². The zero-order chi connectivity index (χ0) is 27.0. The Bertz CT molecular complexity index is 1220. The van der Waals surface area contributed by atoms with Crippen LogP contribution in [0, 0.1) is 45.3 Å². The first kappa shape index (κ1) is 26.5. The second-order valence-electron chi connectivity index (χ2n) is 14.1. The van der Waals surface area contributed by atoms with E-state index in [-0.39, 0.29) is 21.7 Å². The van der Waals surface area contributed by atoms with Gasteiger partial charge in [0.1, 0.15) is 0 Å². The molecule has 1 aromatic rings. The molecule has 0 saturated heterocycles. The molecule has 7 unspecified atom stereocenters. The molecule has 0 N–H and O–H groups in total. The number of benzene rings is 1. The number of hydrogen-bond acceptors (Lipinski definition) is 1. The first-order valence-electron chi connectivity index (χ1n) is 14.7. The monoisotopic (exact) mass is 496 g/mol. The lowest BCUT2D eigenvalue weighted by Crippen LogP contribution is -2.50. The van der Waals surface area contributed by atoms with Gasteiger partial charge in [-0.2, -0.15) is 0 Å². The Morgan fingerprint density at radius 1 is 1.16 bits per heavy atom. The van der Waals surface area contributed by atoms with Crippen molar-refractivity contribution in [3.63, 3.8) is 0 Å². The van der Waals surface area contributed by atoms with Gasteiger partial charge in [-0.1, -0.05) is 114 Å². The SMILES string of the molecule is C=C1c2ccccc2C(=O)C23C(C4C=CC(C4)C12C)C3(C)C/C=C(\C)C(C)(C)CC(C)/C=C(\C)CCC. The molecule has 1 nitrogen and oxygen atoms in total. The Kier molecular flexibility index (Phi) is 6.21. The van der Waals surface area contributed by atoms with E-state index in [1.54, 1.807) is 0 Å². The number of ketones is 1. The highest BCUT2D eigenvalue weighted by atomic mass is 16.1. The fraction of sp³-hybridized carbons (Fsp3) is 0.583. The highest BCUT2D eigenvalue weighted by Crippen LogP contribution is 2.89. The molecule has 2 fully saturated rings.